The summed E-state index contributed by atoms with van der Waals surface area (Å²) in [7, 11) is 0. The lowest BCUT2D eigenvalue weighted by atomic mass is 10.1. The van der Waals surface area contributed by atoms with Gasteiger partial charge in [0.25, 0.3) is 11.8 Å². The van der Waals surface area contributed by atoms with Gasteiger partial charge in [-0.1, -0.05) is 12.1 Å². The number of benzene rings is 1. The first kappa shape index (κ1) is 15.1. The van der Waals surface area contributed by atoms with Gasteiger partial charge in [0, 0.05) is 19.8 Å². The van der Waals surface area contributed by atoms with E-state index < -0.39 is 0 Å². The fourth-order valence-electron chi connectivity index (χ4n) is 2.51. The average molecular weight is 304 g/mol. The SMILES string of the molecule is NCC1CCO1.O=C1c2ccccc2C(=O)N1CC1CCO1. The van der Waals surface area contributed by atoms with E-state index in [2.05, 4.69) is 0 Å². The number of carbonyl (C=O) groups excluding carboxylic acids is 2. The Morgan fingerprint density at radius 2 is 1.50 bits per heavy atom. The zero-order chi connectivity index (χ0) is 15.5. The molecule has 3 heterocycles. The zero-order valence-electron chi connectivity index (χ0n) is 12.4. The first-order chi connectivity index (χ1) is 10.7. The smallest absolute Gasteiger partial charge is 0.261 e. The molecule has 2 amide bonds. The van der Waals surface area contributed by atoms with Crippen molar-refractivity contribution in [1.29, 1.82) is 0 Å². The lowest BCUT2D eigenvalue weighted by Crippen LogP contribution is -2.42. The monoisotopic (exact) mass is 304 g/mol. The molecular formula is C16H20N2O4. The Labute approximate surface area is 129 Å². The molecule has 2 N–H and O–H groups in total. The maximum absolute atomic E-state index is 11.9. The van der Waals surface area contributed by atoms with E-state index >= 15 is 0 Å². The second kappa shape index (κ2) is 6.56. The second-order valence-corrected chi connectivity index (χ2v) is 5.57. The van der Waals surface area contributed by atoms with Crippen LogP contribution in [-0.2, 0) is 9.47 Å². The number of fused-ring (bicyclic) bond motifs is 1. The van der Waals surface area contributed by atoms with Crippen molar-refractivity contribution in [3.05, 3.63) is 35.4 Å². The molecule has 6 nitrogen and oxygen atoms in total. The van der Waals surface area contributed by atoms with E-state index in [-0.39, 0.29) is 17.9 Å². The van der Waals surface area contributed by atoms with Crippen molar-refractivity contribution in [1.82, 2.24) is 4.90 Å². The highest BCUT2D eigenvalue weighted by atomic mass is 16.5. The topological polar surface area (TPSA) is 81.9 Å². The number of imide groups is 1. The molecule has 0 bridgehead atoms. The van der Waals surface area contributed by atoms with E-state index in [4.69, 9.17) is 15.2 Å². The predicted octanol–water partition coefficient (Wildman–Crippen LogP) is 0.805. The molecule has 2 saturated heterocycles. The number of carbonyl (C=O) groups is 2. The summed E-state index contributed by atoms with van der Waals surface area (Å²) in [6.45, 7) is 2.72. The van der Waals surface area contributed by atoms with Crippen molar-refractivity contribution < 1.29 is 19.1 Å². The number of amides is 2. The van der Waals surface area contributed by atoms with Gasteiger partial charge < -0.3 is 15.2 Å². The van der Waals surface area contributed by atoms with Crippen molar-refractivity contribution in [2.75, 3.05) is 26.3 Å². The molecule has 2 atom stereocenters. The lowest BCUT2D eigenvalue weighted by molar-refractivity contribution is -0.0592. The van der Waals surface area contributed by atoms with Crippen molar-refractivity contribution in [2.24, 2.45) is 5.73 Å². The fourth-order valence-corrected chi connectivity index (χ4v) is 2.51. The molecule has 4 rings (SSSR count). The molecule has 0 spiro atoms. The van der Waals surface area contributed by atoms with Gasteiger partial charge >= 0.3 is 0 Å². The van der Waals surface area contributed by atoms with Gasteiger partial charge in [0.15, 0.2) is 0 Å². The van der Waals surface area contributed by atoms with Crippen LogP contribution in [0.3, 0.4) is 0 Å². The van der Waals surface area contributed by atoms with E-state index in [0.717, 1.165) is 26.1 Å². The van der Waals surface area contributed by atoms with Crippen molar-refractivity contribution in [2.45, 2.75) is 25.0 Å². The first-order valence-corrected chi connectivity index (χ1v) is 7.59. The third kappa shape index (κ3) is 2.90. The molecule has 22 heavy (non-hydrogen) atoms. The third-order valence-corrected chi connectivity index (χ3v) is 4.11. The van der Waals surface area contributed by atoms with E-state index in [1.165, 1.54) is 4.90 Å². The van der Waals surface area contributed by atoms with Crippen LogP contribution in [0.5, 0.6) is 0 Å². The summed E-state index contributed by atoms with van der Waals surface area (Å²) in [6.07, 6.45) is 2.51. The number of nitrogens with zero attached hydrogens (tertiary/aromatic N) is 1. The minimum Gasteiger partial charge on any atom is -0.377 e. The Morgan fingerprint density at radius 1 is 1.00 bits per heavy atom. The van der Waals surface area contributed by atoms with Gasteiger partial charge in [-0.3, -0.25) is 14.5 Å². The average Bonchev–Trinajstić information content (AvgIpc) is 2.67. The van der Waals surface area contributed by atoms with Crippen LogP contribution in [0.1, 0.15) is 33.6 Å². The fraction of sp³-hybridized carbons (Fsp3) is 0.500. The van der Waals surface area contributed by atoms with Crippen molar-refractivity contribution in [3.63, 3.8) is 0 Å². The Kier molecular flexibility index (Phi) is 4.52. The number of hydrogen-bond donors (Lipinski definition) is 1. The highest BCUT2D eigenvalue weighted by Crippen LogP contribution is 2.24. The minimum atomic E-state index is -0.198. The van der Waals surface area contributed by atoms with Gasteiger partial charge in [0.1, 0.15) is 0 Å². The Morgan fingerprint density at radius 3 is 1.82 bits per heavy atom. The van der Waals surface area contributed by atoms with E-state index in [9.17, 15) is 9.59 Å². The van der Waals surface area contributed by atoms with Crippen LogP contribution in [0, 0.1) is 0 Å². The summed E-state index contributed by atoms with van der Waals surface area (Å²) in [5.41, 5.74) is 6.22. The molecule has 2 fully saturated rings. The molecule has 118 valence electrons. The molecule has 0 aromatic heterocycles. The molecule has 1 aromatic carbocycles. The van der Waals surface area contributed by atoms with Crippen molar-refractivity contribution >= 4 is 11.8 Å². The summed E-state index contributed by atoms with van der Waals surface area (Å²) in [4.78, 5) is 25.2. The van der Waals surface area contributed by atoms with Crippen LogP contribution in [-0.4, -0.2) is 55.2 Å². The lowest BCUT2D eigenvalue weighted by Gasteiger charge is -2.29. The van der Waals surface area contributed by atoms with Gasteiger partial charge in [0.2, 0.25) is 0 Å². The van der Waals surface area contributed by atoms with Gasteiger partial charge in [-0.15, -0.1) is 0 Å². The molecule has 6 heteroatoms. The van der Waals surface area contributed by atoms with E-state index in [0.29, 0.717) is 30.3 Å². The van der Waals surface area contributed by atoms with Crippen LogP contribution in [0.15, 0.2) is 24.3 Å². The number of nitrogens with two attached hydrogens (primary N) is 1. The zero-order valence-corrected chi connectivity index (χ0v) is 12.4. The quantitative estimate of drug-likeness (QED) is 0.836. The van der Waals surface area contributed by atoms with Crippen LogP contribution in [0.2, 0.25) is 0 Å². The van der Waals surface area contributed by atoms with Gasteiger partial charge in [-0.2, -0.15) is 0 Å². The Hall–Kier alpha value is -1.76. The molecular weight excluding hydrogens is 284 g/mol. The summed E-state index contributed by atoms with van der Waals surface area (Å²) in [6, 6.07) is 6.93. The Bertz CT molecular complexity index is 529. The van der Waals surface area contributed by atoms with E-state index in [1.54, 1.807) is 24.3 Å². The standard InChI is InChI=1S/C12H11NO3.C4H9NO/c14-11-9-3-1-2-4-10(9)12(15)13(11)7-8-5-6-16-8;5-3-4-1-2-6-4/h1-4,8H,5-7H2;4H,1-3,5H2. The van der Waals surface area contributed by atoms with Crippen LogP contribution < -0.4 is 5.73 Å². The largest absolute Gasteiger partial charge is 0.377 e. The molecule has 1 aromatic rings. The summed E-state index contributed by atoms with van der Waals surface area (Å²) in [5, 5.41) is 0. The third-order valence-electron chi connectivity index (χ3n) is 4.11. The predicted molar refractivity (Wildman–Crippen MR) is 79.6 cm³/mol. The normalized spacial score (nSPS) is 25.8. The summed E-state index contributed by atoms with van der Waals surface area (Å²) < 4.78 is 10.2. The maximum atomic E-state index is 11.9. The molecule has 0 aliphatic carbocycles. The van der Waals surface area contributed by atoms with Gasteiger partial charge in [0.05, 0.1) is 29.9 Å². The minimum absolute atomic E-state index is 0.0298. The van der Waals surface area contributed by atoms with Crippen molar-refractivity contribution in [3.8, 4) is 0 Å². The second-order valence-electron chi connectivity index (χ2n) is 5.57. The maximum Gasteiger partial charge on any atom is 0.261 e. The first-order valence-electron chi connectivity index (χ1n) is 7.59. The van der Waals surface area contributed by atoms with Gasteiger partial charge in [-0.05, 0) is 25.0 Å². The molecule has 0 radical (unpaired) electrons. The van der Waals surface area contributed by atoms with Crippen LogP contribution >= 0.6 is 0 Å². The molecule has 3 aliphatic heterocycles. The summed E-state index contributed by atoms with van der Waals surface area (Å²) >= 11 is 0. The molecule has 3 aliphatic rings. The number of rotatable bonds is 3. The Balaban J connectivity index is 0.000000202. The van der Waals surface area contributed by atoms with Crippen LogP contribution in [0.4, 0.5) is 0 Å². The number of hydrogen-bond acceptors (Lipinski definition) is 5. The molecule has 2 unspecified atom stereocenters. The summed E-state index contributed by atoms with van der Waals surface area (Å²) in [5.74, 6) is -0.396. The van der Waals surface area contributed by atoms with Gasteiger partial charge in [-0.25, -0.2) is 0 Å². The highest BCUT2D eigenvalue weighted by molar-refractivity contribution is 6.21. The highest BCUT2D eigenvalue weighted by Gasteiger charge is 2.37. The number of ether oxygens (including phenoxy) is 2. The molecule has 0 saturated carbocycles. The van der Waals surface area contributed by atoms with Crippen LogP contribution in [0.25, 0.3) is 0 Å². The van der Waals surface area contributed by atoms with E-state index in [1.807, 2.05) is 0 Å².